The van der Waals surface area contributed by atoms with Gasteiger partial charge in [0.25, 0.3) is 0 Å². The Labute approximate surface area is 160 Å². The monoisotopic (exact) mass is 368 g/mol. The van der Waals surface area contributed by atoms with E-state index in [0.29, 0.717) is 10.9 Å². The summed E-state index contributed by atoms with van der Waals surface area (Å²) in [5.74, 6) is 0.301. The van der Waals surface area contributed by atoms with E-state index in [-0.39, 0.29) is 17.2 Å². The van der Waals surface area contributed by atoms with Crippen LogP contribution >= 0.6 is 11.6 Å². The zero-order valence-electron chi connectivity index (χ0n) is 15.7. The molecule has 1 amide bonds. The molecule has 26 heavy (non-hydrogen) atoms. The standard InChI is InChI=1S/C22H25ClN2O/c1-14(15-7-11-18(23)12-8-15)24-25-21(26)20-13-19(20)16-5-9-17(10-6-16)22(2,3)4/h5-12,19-20H,13H2,1-4H3,(H,25,26)/b24-14+/t19-,20+/m0/s1. The molecule has 1 saturated carbocycles. The third-order valence-electron chi connectivity index (χ3n) is 4.93. The molecule has 1 aliphatic carbocycles. The molecular weight excluding hydrogens is 344 g/mol. The van der Waals surface area contributed by atoms with Gasteiger partial charge in [-0.3, -0.25) is 4.79 Å². The number of amides is 1. The van der Waals surface area contributed by atoms with E-state index in [1.165, 1.54) is 11.1 Å². The van der Waals surface area contributed by atoms with Crippen molar-refractivity contribution in [1.29, 1.82) is 0 Å². The number of rotatable bonds is 4. The lowest BCUT2D eigenvalue weighted by atomic mass is 9.86. The summed E-state index contributed by atoms with van der Waals surface area (Å²) in [5.41, 5.74) is 7.11. The van der Waals surface area contributed by atoms with Crippen LogP contribution in [0.1, 0.15) is 56.7 Å². The van der Waals surface area contributed by atoms with Crippen LogP contribution in [0.2, 0.25) is 5.02 Å². The van der Waals surface area contributed by atoms with E-state index >= 15 is 0 Å². The van der Waals surface area contributed by atoms with E-state index < -0.39 is 0 Å². The van der Waals surface area contributed by atoms with Gasteiger partial charge in [-0.1, -0.05) is 68.8 Å². The van der Waals surface area contributed by atoms with Gasteiger partial charge in [0, 0.05) is 10.9 Å². The Bertz CT molecular complexity index is 817. The zero-order chi connectivity index (χ0) is 18.9. The van der Waals surface area contributed by atoms with Gasteiger partial charge in [0.15, 0.2) is 0 Å². The number of nitrogens with zero attached hydrogens (tertiary/aromatic N) is 1. The summed E-state index contributed by atoms with van der Waals surface area (Å²) in [6, 6.07) is 16.1. The second kappa shape index (κ2) is 7.24. The summed E-state index contributed by atoms with van der Waals surface area (Å²) < 4.78 is 0. The number of benzene rings is 2. The lowest BCUT2D eigenvalue weighted by Gasteiger charge is -2.19. The Kier molecular flexibility index (Phi) is 5.19. The molecule has 1 N–H and O–H groups in total. The van der Waals surface area contributed by atoms with E-state index in [0.717, 1.165) is 17.7 Å². The van der Waals surface area contributed by atoms with E-state index in [2.05, 4.69) is 55.6 Å². The second-order valence-corrected chi connectivity index (χ2v) is 8.44. The van der Waals surface area contributed by atoms with Crippen molar-refractivity contribution in [2.75, 3.05) is 0 Å². The average Bonchev–Trinajstić information content (AvgIpc) is 3.40. The van der Waals surface area contributed by atoms with Gasteiger partial charge >= 0.3 is 0 Å². The summed E-state index contributed by atoms with van der Waals surface area (Å²) >= 11 is 5.89. The molecule has 3 nitrogen and oxygen atoms in total. The van der Waals surface area contributed by atoms with E-state index in [1.54, 1.807) is 0 Å². The van der Waals surface area contributed by atoms with E-state index in [9.17, 15) is 4.79 Å². The summed E-state index contributed by atoms with van der Waals surface area (Å²) in [4.78, 5) is 12.4. The SMILES string of the molecule is C/C(=N\NC(=O)[C@@H]1C[C@H]1c1ccc(C(C)(C)C)cc1)c1ccc(Cl)cc1. The first-order valence-electron chi connectivity index (χ1n) is 8.96. The van der Waals surface area contributed by atoms with Gasteiger partial charge in [-0.2, -0.15) is 5.10 Å². The molecule has 2 atom stereocenters. The van der Waals surface area contributed by atoms with Crippen LogP contribution in [0.25, 0.3) is 0 Å². The van der Waals surface area contributed by atoms with E-state index in [4.69, 9.17) is 11.6 Å². The van der Waals surface area contributed by atoms with E-state index in [1.807, 2.05) is 31.2 Å². The van der Waals surface area contributed by atoms with Gasteiger partial charge in [-0.15, -0.1) is 0 Å². The molecule has 3 rings (SSSR count). The fourth-order valence-corrected chi connectivity index (χ4v) is 3.19. The Balaban J connectivity index is 1.59. The van der Waals surface area contributed by atoms with Gasteiger partial charge in [0.2, 0.25) is 5.91 Å². The minimum atomic E-state index is -0.0109. The quantitative estimate of drug-likeness (QED) is 0.578. The maximum absolute atomic E-state index is 12.4. The number of hydrogen-bond donors (Lipinski definition) is 1. The molecule has 0 spiro atoms. The van der Waals surface area contributed by atoms with Crippen molar-refractivity contribution in [3.05, 3.63) is 70.2 Å². The number of carbonyl (C=O) groups excluding carboxylic acids is 1. The van der Waals surface area contributed by atoms with Crippen LogP contribution in [0.5, 0.6) is 0 Å². The number of halogens is 1. The molecule has 2 aromatic rings. The molecule has 0 aromatic heterocycles. The number of hydrazone groups is 1. The number of nitrogens with one attached hydrogen (secondary N) is 1. The van der Waals surface area contributed by atoms with Crippen LogP contribution in [0, 0.1) is 5.92 Å². The molecule has 1 aliphatic rings. The summed E-state index contributed by atoms with van der Waals surface area (Å²) in [6.45, 7) is 8.49. The zero-order valence-corrected chi connectivity index (χ0v) is 16.5. The Morgan fingerprint density at radius 2 is 1.69 bits per heavy atom. The first kappa shape index (κ1) is 18.7. The van der Waals surface area contributed by atoms with Crippen LogP contribution in [-0.2, 0) is 10.2 Å². The van der Waals surface area contributed by atoms with Gasteiger partial charge < -0.3 is 0 Å². The summed E-state index contributed by atoms with van der Waals surface area (Å²) in [7, 11) is 0. The van der Waals surface area contributed by atoms with Crippen LogP contribution < -0.4 is 5.43 Å². The molecule has 0 heterocycles. The van der Waals surface area contributed by atoms with Crippen LogP contribution in [0.3, 0.4) is 0 Å². The highest BCUT2D eigenvalue weighted by atomic mass is 35.5. The maximum atomic E-state index is 12.4. The van der Waals surface area contributed by atoms with Gasteiger partial charge in [-0.05, 0) is 53.5 Å². The smallest absolute Gasteiger partial charge is 0.243 e. The summed E-state index contributed by atoms with van der Waals surface area (Å²) in [6.07, 6.45) is 0.885. The Morgan fingerprint density at radius 1 is 1.08 bits per heavy atom. The molecule has 2 aromatic carbocycles. The molecule has 4 heteroatoms. The molecule has 136 valence electrons. The Morgan fingerprint density at radius 3 is 2.27 bits per heavy atom. The molecule has 0 unspecified atom stereocenters. The lowest BCUT2D eigenvalue weighted by molar-refractivity contribution is -0.122. The highest BCUT2D eigenvalue weighted by molar-refractivity contribution is 6.30. The first-order chi connectivity index (χ1) is 12.3. The number of carbonyl (C=O) groups is 1. The maximum Gasteiger partial charge on any atom is 0.243 e. The minimum Gasteiger partial charge on any atom is -0.273 e. The molecule has 0 aliphatic heterocycles. The topological polar surface area (TPSA) is 41.5 Å². The predicted molar refractivity (Wildman–Crippen MR) is 108 cm³/mol. The van der Waals surface area contributed by atoms with Crippen molar-refractivity contribution >= 4 is 23.2 Å². The molecule has 1 fully saturated rings. The minimum absolute atomic E-state index is 0.0109. The predicted octanol–water partition coefficient (Wildman–Crippen LogP) is 5.28. The Hall–Kier alpha value is -2.13. The van der Waals surface area contributed by atoms with Crippen molar-refractivity contribution in [2.45, 2.75) is 45.4 Å². The molecule has 0 saturated heterocycles. The lowest BCUT2D eigenvalue weighted by Crippen LogP contribution is -2.21. The molecule has 0 radical (unpaired) electrons. The highest BCUT2D eigenvalue weighted by Crippen LogP contribution is 2.47. The molecular formula is C22H25ClN2O. The third-order valence-corrected chi connectivity index (χ3v) is 5.18. The van der Waals surface area contributed by atoms with Crippen LogP contribution in [0.15, 0.2) is 53.6 Å². The number of hydrogen-bond acceptors (Lipinski definition) is 2. The van der Waals surface area contributed by atoms with Crippen LogP contribution in [0.4, 0.5) is 0 Å². The normalized spacial score (nSPS) is 20.0. The third kappa shape index (κ3) is 4.34. The van der Waals surface area contributed by atoms with Gasteiger partial charge in [0.05, 0.1) is 5.71 Å². The average molecular weight is 369 g/mol. The summed E-state index contributed by atoms with van der Waals surface area (Å²) in [5, 5.41) is 4.92. The fraction of sp³-hybridized carbons (Fsp3) is 0.364. The van der Waals surface area contributed by atoms with Gasteiger partial charge in [0.1, 0.15) is 0 Å². The highest BCUT2D eigenvalue weighted by Gasteiger charge is 2.44. The molecule has 0 bridgehead atoms. The van der Waals surface area contributed by atoms with Crippen LogP contribution in [-0.4, -0.2) is 11.6 Å². The first-order valence-corrected chi connectivity index (χ1v) is 9.34. The van der Waals surface area contributed by atoms with Crippen molar-refractivity contribution in [3.8, 4) is 0 Å². The van der Waals surface area contributed by atoms with Crippen molar-refractivity contribution < 1.29 is 4.79 Å². The second-order valence-electron chi connectivity index (χ2n) is 8.00. The largest absolute Gasteiger partial charge is 0.273 e. The van der Waals surface area contributed by atoms with Gasteiger partial charge in [-0.25, -0.2) is 5.43 Å². The van der Waals surface area contributed by atoms with Crippen molar-refractivity contribution in [2.24, 2.45) is 11.0 Å². The fourth-order valence-electron chi connectivity index (χ4n) is 3.06. The van der Waals surface area contributed by atoms with Crippen molar-refractivity contribution in [1.82, 2.24) is 5.43 Å². The van der Waals surface area contributed by atoms with Crippen molar-refractivity contribution in [3.63, 3.8) is 0 Å².